The molecule has 28 heavy (non-hydrogen) atoms. The van der Waals surface area contributed by atoms with Crippen LogP contribution in [0.25, 0.3) is 0 Å². The lowest BCUT2D eigenvalue weighted by molar-refractivity contribution is 0.309. The molecule has 1 aromatic rings. The molecule has 2 atom stereocenters. The van der Waals surface area contributed by atoms with E-state index in [1.54, 1.807) is 0 Å². The molecule has 1 aromatic carbocycles. The molecular formula is C16H28Cl2N4O4S2. The smallest absolute Gasteiger partial charge is 0.243 e. The van der Waals surface area contributed by atoms with Gasteiger partial charge in [0, 0.05) is 51.4 Å². The molecule has 0 radical (unpaired) electrons. The summed E-state index contributed by atoms with van der Waals surface area (Å²) in [6.07, 6.45) is 0. The first-order valence-corrected chi connectivity index (χ1v) is 11.7. The van der Waals surface area contributed by atoms with Gasteiger partial charge in [0.1, 0.15) is 0 Å². The lowest BCUT2D eigenvalue weighted by atomic mass is 10.3. The second-order valence-electron chi connectivity index (χ2n) is 6.91. The molecule has 0 amide bonds. The van der Waals surface area contributed by atoms with Gasteiger partial charge in [-0.3, -0.25) is 0 Å². The van der Waals surface area contributed by atoms with Crippen LogP contribution in [0.4, 0.5) is 0 Å². The Kier molecular flexibility index (Phi) is 9.16. The number of rotatable bonds is 4. The van der Waals surface area contributed by atoms with Crippen LogP contribution in [-0.4, -0.2) is 76.8 Å². The third kappa shape index (κ3) is 5.37. The number of hydrogen-bond acceptors (Lipinski definition) is 6. The molecule has 0 saturated carbocycles. The van der Waals surface area contributed by atoms with Crippen molar-refractivity contribution in [1.82, 2.24) is 19.2 Å². The summed E-state index contributed by atoms with van der Waals surface area (Å²) in [7, 11) is -7.44. The van der Waals surface area contributed by atoms with Crippen molar-refractivity contribution in [2.24, 2.45) is 0 Å². The average molecular weight is 475 g/mol. The molecule has 2 fully saturated rings. The van der Waals surface area contributed by atoms with Crippen molar-refractivity contribution in [2.45, 2.75) is 35.7 Å². The van der Waals surface area contributed by atoms with Crippen LogP contribution in [0.1, 0.15) is 13.8 Å². The van der Waals surface area contributed by atoms with Crippen molar-refractivity contribution in [1.29, 1.82) is 0 Å². The van der Waals surface area contributed by atoms with Crippen molar-refractivity contribution in [3.63, 3.8) is 0 Å². The molecule has 3 rings (SSSR count). The zero-order valence-corrected chi connectivity index (χ0v) is 19.1. The van der Waals surface area contributed by atoms with Gasteiger partial charge in [0.15, 0.2) is 0 Å². The van der Waals surface area contributed by atoms with Crippen LogP contribution in [0.2, 0.25) is 0 Å². The van der Waals surface area contributed by atoms with Crippen LogP contribution < -0.4 is 10.6 Å². The quantitative estimate of drug-likeness (QED) is 0.658. The van der Waals surface area contributed by atoms with Crippen LogP contribution in [0, 0.1) is 0 Å². The largest absolute Gasteiger partial charge is 0.312 e. The number of benzene rings is 1. The summed E-state index contributed by atoms with van der Waals surface area (Å²) in [5.74, 6) is 0. The predicted molar refractivity (Wildman–Crippen MR) is 113 cm³/mol. The molecule has 8 nitrogen and oxygen atoms in total. The predicted octanol–water partition coefficient (Wildman–Crippen LogP) is 0.495. The first-order valence-electron chi connectivity index (χ1n) is 8.78. The molecule has 162 valence electrons. The van der Waals surface area contributed by atoms with Gasteiger partial charge < -0.3 is 10.6 Å². The number of halogens is 2. The summed E-state index contributed by atoms with van der Waals surface area (Å²) < 4.78 is 54.5. The molecule has 2 aliphatic heterocycles. The summed E-state index contributed by atoms with van der Waals surface area (Å²) in [6, 6.07) is 5.82. The fraction of sp³-hybridized carbons (Fsp3) is 0.625. The topological polar surface area (TPSA) is 98.8 Å². The number of hydrogen-bond donors (Lipinski definition) is 2. The molecule has 2 unspecified atom stereocenters. The van der Waals surface area contributed by atoms with Gasteiger partial charge in [0.25, 0.3) is 0 Å². The molecular weight excluding hydrogens is 447 g/mol. The standard InChI is InChI=1S/C16H26N4O4S2.2ClH/c1-13-11-19(8-6-17-13)25(21,22)15-4-3-5-16(10-15)26(23,24)20-9-7-18-14(2)12-20;;/h3-5,10,13-14,17-18H,6-9,11-12H2,1-2H3;2*1H. The van der Waals surface area contributed by atoms with Crippen molar-refractivity contribution >= 4 is 44.9 Å². The van der Waals surface area contributed by atoms with E-state index in [0.717, 1.165) is 0 Å². The second-order valence-corrected chi connectivity index (χ2v) is 10.8. The second kappa shape index (κ2) is 10.0. The van der Waals surface area contributed by atoms with Crippen LogP contribution in [0.15, 0.2) is 34.1 Å². The maximum absolute atomic E-state index is 12.9. The first-order chi connectivity index (χ1) is 12.2. The number of sulfonamides is 2. The molecule has 0 spiro atoms. The van der Waals surface area contributed by atoms with E-state index in [9.17, 15) is 16.8 Å². The van der Waals surface area contributed by atoms with Crippen molar-refractivity contribution in [3.8, 4) is 0 Å². The van der Waals surface area contributed by atoms with Gasteiger partial charge in [-0.1, -0.05) is 6.07 Å². The molecule has 2 N–H and O–H groups in total. The van der Waals surface area contributed by atoms with Gasteiger partial charge in [-0.05, 0) is 32.0 Å². The van der Waals surface area contributed by atoms with Crippen LogP contribution in [0.5, 0.6) is 0 Å². The summed E-state index contributed by atoms with van der Waals surface area (Å²) in [5.41, 5.74) is 0. The molecule has 2 aliphatic rings. The molecule has 2 heterocycles. The van der Waals surface area contributed by atoms with Gasteiger partial charge >= 0.3 is 0 Å². The number of piperazine rings is 2. The van der Waals surface area contributed by atoms with Crippen molar-refractivity contribution < 1.29 is 16.8 Å². The first kappa shape index (κ1) is 25.6. The van der Waals surface area contributed by atoms with E-state index in [1.165, 1.54) is 32.9 Å². The molecule has 0 bridgehead atoms. The van der Waals surface area contributed by atoms with E-state index in [0.29, 0.717) is 39.3 Å². The van der Waals surface area contributed by atoms with E-state index in [-0.39, 0.29) is 46.7 Å². The Balaban J connectivity index is 0.00000196. The van der Waals surface area contributed by atoms with Gasteiger partial charge in [-0.2, -0.15) is 8.61 Å². The minimum atomic E-state index is -3.72. The lowest BCUT2D eigenvalue weighted by Gasteiger charge is -2.32. The minimum absolute atomic E-state index is 0. The SMILES string of the molecule is CC1CN(S(=O)(=O)c2cccc(S(=O)(=O)N3CCNC(C)C3)c2)CCN1.Cl.Cl. The van der Waals surface area contributed by atoms with E-state index in [2.05, 4.69) is 10.6 Å². The Bertz CT molecular complexity index is 800. The maximum atomic E-state index is 12.9. The zero-order valence-electron chi connectivity index (χ0n) is 15.9. The highest BCUT2D eigenvalue weighted by Crippen LogP contribution is 2.23. The fourth-order valence-electron chi connectivity index (χ4n) is 3.32. The van der Waals surface area contributed by atoms with Crippen LogP contribution in [0.3, 0.4) is 0 Å². The Morgan fingerprint density at radius 3 is 1.57 bits per heavy atom. The van der Waals surface area contributed by atoms with Gasteiger partial charge in [-0.15, -0.1) is 24.8 Å². The molecule has 2 saturated heterocycles. The minimum Gasteiger partial charge on any atom is -0.312 e. The normalized spacial score (nSPS) is 24.8. The third-order valence-corrected chi connectivity index (χ3v) is 8.47. The summed E-state index contributed by atoms with van der Waals surface area (Å²) in [6.45, 7) is 6.50. The van der Waals surface area contributed by atoms with Crippen molar-refractivity contribution in [2.75, 3.05) is 39.3 Å². The Labute approximate surface area is 180 Å². The van der Waals surface area contributed by atoms with Gasteiger partial charge in [0.2, 0.25) is 20.0 Å². The Morgan fingerprint density at radius 2 is 1.21 bits per heavy atom. The highest BCUT2D eigenvalue weighted by Gasteiger charge is 2.32. The number of nitrogens with zero attached hydrogens (tertiary/aromatic N) is 2. The maximum Gasteiger partial charge on any atom is 0.243 e. The molecule has 12 heteroatoms. The van der Waals surface area contributed by atoms with E-state index < -0.39 is 20.0 Å². The lowest BCUT2D eigenvalue weighted by Crippen LogP contribution is -2.51. The fourth-order valence-corrected chi connectivity index (χ4v) is 6.55. The molecule has 0 aromatic heterocycles. The number of nitrogens with one attached hydrogen (secondary N) is 2. The highest BCUT2D eigenvalue weighted by molar-refractivity contribution is 7.90. The van der Waals surface area contributed by atoms with E-state index in [4.69, 9.17) is 0 Å². The van der Waals surface area contributed by atoms with Gasteiger partial charge in [0.05, 0.1) is 9.79 Å². The summed E-state index contributed by atoms with van der Waals surface area (Å²) in [4.78, 5) is 0.0479. The third-order valence-electron chi connectivity index (χ3n) is 4.74. The zero-order chi connectivity index (χ0) is 18.9. The highest BCUT2D eigenvalue weighted by atomic mass is 35.5. The molecule has 0 aliphatic carbocycles. The van der Waals surface area contributed by atoms with E-state index in [1.807, 2.05) is 13.8 Å². The van der Waals surface area contributed by atoms with Crippen LogP contribution >= 0.6 is 24.8 Å². The van der Waals surface area contributed by atoms with Gasteiger partial charge in [-0.25, -0.2) is 16.8 Å². The average Bonchev–Trinajstić information content (AvgIpc) is 2.62. The summed E-state index contributed by atoms with van der Waals surface area (Å²) >= 11 is 0. The summed E-state index contributed by atoms with van der Waals surface area (Å²) in [5, 5.41) is 6.41. The van der Waals surface area contributed by atoms with E-state index >= 15 is 0 Å². The Morgan fingerprint density at radius 1 is 0.821 bits per heavy atom. The Hall–Kier alpha value is -0.460. The monoisotopic (exact) mass is 474 g/mol. The van der Waals surface area contributed by atoms with Crippen molar-refractivity contribution in [3.05, 3.63) is 24.3 Å². The van der Waals surface area contributed by atoms with Crippen LogP contribution in [-0.2, 0) is 20.0 Å².